The van der Waals surface area contributed by atoms with Crippen molar-refractivity contribution in [3.05, 3.63) is 63.1 Å². The number of ether oxygens (including phenoxy) is 3. The average Bonchev–Trinajstić information content (AvgIpc) is 2.79. The molecule has 2 amide bonds. The number of rotatable bonds is 4. The highest BCUT2D eigenvalue weighted by atomic mass is 19.1. The summed E-state index contributed by atoms with van der Waals surface area (Å²) < 4.78 is 45.5. The quantitative estimate of drug-likeness (QED) is 0.716. The van der Waals surface area contributed by atoms with E-state index in [0.29, 0.717) is 19.3 Å². The summed E-state index contributed by atoms with van der Waals surface area (Å²) in [6, 6.07) is 2.79. The van der Waals surface area contributed by atoms with E-state index in [-0.39, 0.29) is 53.7 Å². The number of amides is 2. The molecule has 3 aliphatic heterocycles. The summed E-state index contributed by atoms with van der Waals surface area (Å²) in [5, 5.41) is 2.47. The Morgan fingerprint density at radius 3 is 2.79 bits per heavy atom. The van der Waals surface area contributed by atoms with E-state index in [0.717, 1.165) is 6.07 Å². The van der Waals surface area contributed by atoms with Crippen LogP contribution in [0.5, 0.6) is 5.75 Å². The van der Waals surface area contributed by atoms with Crippen LogP contribution in [0.15, 0.2) is 29.2 Å². The number of nitrogens with one attached hydrogen (secondary N) is 1. The molecule has 2 saturated heterocycles. The molecule has 2 fully saturated rings. The fourth-order valence-electron chi connectivity index (χ4n) is 4.83. The van der Waals surface area contributed by atoms with Gasteiger partial charge in [-0.05, 0) is 6.07 Å². The van der Waals surface area contributed by atoms with Crippen LogP contribution in [0.4, 0.5) is 8.78 Å². The van der Waals surface area contributed by atoms with Crippen LogP contribution in [0, 0.1) is 17.6 Å². The predicted molar refractivity (Wildman–Crippen MR) is 113 cm³/mol. The summed E-state index contributed by atoms with van der Waals surface area (Å²) in [4.78, 5) is 40.9. The number of aromatic nitrogens is 1. The van der Waals surface area contributed by atoms with Crippen LogP contribution in [0.25, 0.3) is 0 Å². The molecule has 0 aliphatic carbocycles. The van der Waals surface area contributed by atoms with Gasteiger partial charge in [0.2, 0.25) is 5.43 Å². The maximum Gasteiger partial charge on any atom is 0.276 e. The molecule has 0 spiro atoms. The van der Waals surface area contributed by atoms with E-state index in [1.807, 2.05) is 6.92 Å². The summed E-state index contributed by atoms with van der Waals surface area (Å²) in [5.74, 6) is -2.96. The van der Waals surface area contributed by atoms with E-state index in [1.165, 1.54) is 23.9 Å². The zero-order valence-corrected chi connectivity index (χ0v) is 18.5. The van der Waals surface area contributed by atoms with Gasteiger partial charge in [-0.2, -0.15) is 0 Å². The molecule has 11 heteroatoms. The van der Waals surface area contributed by atoms with Crippen LogP contribution < -0.4 is 15.5 Å². The molecule has 3 aliphatic rings. The molecule has 0 radical (unpaired) electrons. The third-order valence-electron chi connectivity index (χ3n) is 6.69. The van der Waals surface area contributed by atoms with Gasteiger partial charge >= 0.3 is 0 Å². The summed E-state index contributed by atoms with van der Waals surface area (Å²) >= 11 is 0. The number of methoxy groups -OCH3 is 1. The number of carbonyl (C=O) groups is 2. The highest BCUT2D eigenvalue weighted by Crippen LogP contribution is 2.36. The highest BCUT2D eigenvalue weighted by molar-refractivity contribution is 5.99. The molecule has 5 rings (SSSR count). The molecule has 180 valence electrons. The van der Waals surface area contributed by atoms with Gasteiger partial charge in [0, 0.05) is 30.3 Å². The molecule has 1 aromatic heterocycles. The summed E-state index contributed by atoms with van der Waals surface area (Å²) in [6.45, 7) is 2.75. The number of hydrogen-bond acceptors (Lipinski definition) is 6. The van der Waals surface area contributed by atoms with Crippen LogP contribution in [-0.4, -0.2) is 60.0 Å². The Bertz CT molecular complexity index is 1230. The van der Waals surface area contributed by atoms with Crippen molar-refractivity contribution in [1.82, 2.24) is 14.8 Å². The first-order chi connectivity index (χ1) is 16.3. The lowest BCUT2D eigenvalue weighted by Gasteiger charge is -2.53. The van der Waals surface area contributed by atoms with Crippen molar-refractivity contribution >= 4 is 11.8 Å². The maximum atomic E-state index is 13.9. The van der Waals surface area contributed by atoms with Gasteiger partial charge < -0.3 is 29.0 Å². The van der Waals surface area contributed by atoms with E-state index in [1.54, 1.807) is 4.90 Å². The zero-order chi connectivity index (χ0) is 24.1. The average molecular weight is 475 g/mol. The van der Waals surface area contributed by atoms with Crippen molar-refractivity contribution in [3.8, 4) is 5.75 Å². The van der Waals surface area contributed by atoms with Gasteiger partial charge in [-0.3, -0.25) is 14.4 Å². The monoisotopic (exact) mass is 475 g/mol. The lowest BCUT2D eigenvalue weighted by molar-refractivity contribution is -0.231. The molecule has 4 atom stereocenters. The second kappa shape index (κ2) is 8.48. The number of fused-ring (bicyclic) bond motifs is 5. The van der Waals surface area contributed by atoms with E-state index in [4.69, 9.17) is 14.2 Å². The Morgan fingerprint density at radius 2 is 2.06 bits per heavy atom. The largest absolute Gasteiger partial charge is 0.491 e. The van der Waals surface area contributed by atoms with Gasteiger partial charge in [0.1, 0.15) is 17.2 Å². The molecule has 1 N–H and O–H groups in total. The number of pyridine rings is 1. The van der Waals surface area contributed by atoms with Crippen molar-refractivity contribution in [2.24, 2.45) is 5.92 Å². The van der Waals surface area contributed by atoms with Gasteiger partial charge in [-0.1, -0.05) is 13.0 Å². The minimum Gasteiger partial charge on any atom is -0.491 e. The molecule has 2 bridgehead atoms. The van der Waals surface area contributed by atoms with Crippen molar-refractivity contribution in [2.45, 2.75) is 38.4 Å². The molecule has 1 aromatic carbocycles. The van der Waals surface area contributed by atoms with Crippen LogP contribution in [-0.2, 0) is 22.6 Å². The van der Waals surface area contributed by atoms with Crippen LogP contribution in [0.1, 0.15) is 33.3 Å². The zero-order valence-electron chi connectivity index (χ0n) is 18.5. The lowest BCUT2D eigenvalue weighted by Crippen LogP contribution is -2.66. The Kier molecular flexibility index (Phi) is 5.61. The first-order valence-electron chi connectivity index (χ1n) is 10.9. The van der Waals surface area contributed by atoms with Crippen molar-refractivity contribution in [2.75, 3.05) is 20.3 Å². The van der Waals surface area contributed by atoms with Crippen molar-refractivity contribution in [3.63, 3.8) is 0 Å². The third kappa shape index (κ3) is 3.55. The molecule has 2 unspecified atom stereocenters. The van der Waals surface area contributed by atoms with E-state index < -0.39 is 35.1 Å². The van der Waals surface area contributed by atoms with Gasteiger partial charge in [-0.15, -0.1) is 0 Å². The van der Waals surface area contributed by atoms with Gasteiger partial charge in [0.05, 0.1) is 39.0 Å². The van der Waals surface area contributed by atoms with Crippen LogP contribution >= 0.6 is 0 Å². The topological polar surface area (TPSA) is 99.1 Å². The van der Waals surface area contributed by atoms with Crippen LogP contribution in [0.3, 0.4) is 0 Å². The fraction of sp³-hybridized carbons (Fsp3) is 0.435. The maximum absolute atomic E-state index is 13.9. The molecule has 2 aromatic rings. The van der Waals surface area contributed by atoms with Gasteiger partial charge in [-0.25, -0.2) is 8.78 Å². The molecule has 0 saturated carbocycles. The van der Waals surface area contributed by atoms with Gasteiger partial charge in [0.25, 0.3) is 11.8 Å². The smallest absolute Gasteiger partial charge is 0.276 e. The second-order valence-corrected chi connectivity index (χ2v) is 8.63. The number of hydrogen-bond donors (Lipinski definition) is 1. The standard InChI is InChI=1S/C23H23F2N3O6/c1-11-16-9-33-10-17(11)34-18-8-27-7-14(20(29)21(32-2)19(27)23(31)28(16)18)22(30)26-6-12-3-4-13(24)5-15(12)25/h3-5,7,11,16-18H,6,8-10H2,1-2H3,(H,26,30)/t11-,16?,17?,18+/m1/s1. The molecular formula is C23H23F2N3O6. The van der Waals surface area contributed by atoms with E-state index >= 15 is 0 Å². The lowest BCUT2D eigenvalue weighted by atomic mass is 9.89. The predicted octanol–water partition coefficient (Wildman–Crippen LogP) is 1.28. The van der Waals surface area contributed by atoms with Crippen molar-refractivity contribution < 1.29 is 32.6 Å². The molecule has 9 nitrogen and oxygen atoms in total. The first-order valence-corrected chi connectivity index (χ1v) is 10.9. The summed E-state index contributed by atoms with van der Waals surface area (Å²) in [5.41, 5.74) is -0.938. The molecule has 4 heterocycles. The minimum absolute atomic E-state index is 0.0321. The Morgan fingerprint density at radius 1 is 1.26 bits per heavy atom. The third-order valence-corrected chi connectivity index (χ3v) is 6.69. The van der Waals surface area contributed by atoms with E-state index in [2.05, 4.69) is 5.32 Å². The van der Waals surface area contributed by atoms with Crippen LogP contribution in [0.2, 0.25) is 0 Å². The van der Waals surface area contributed by atoms with Crippen molar-refractivity contribution in [1.29, 1.82) is 0 Å². The summed E-state index contributed by atoms with van der Waals surface area (Å²) in [6.07, 6.45) is 0.551. The Labute approximate surface area is 193 Å². The number of carbonyl (C=O) groups excluding carboxylic acids is 2. The fourth-order valence-corrected chi connectivity index (χ4v) is 4.83. The molecule has 34 heavy (non-hydrogen) atoms. The summed E-state index contributed by atoms with van der Waals surface area (Å²) in [7, 11) is 1.25. The van der Waals surface area contributed by atoms with E-state index in [9.17, 15) is 23.2 Å². The van der Waals surface area contributed by atoms with Gasteiger partial charge in [0.15, 0.2) is 17.7 Å². The number of benzene rings is 1. The minimum atomic E-state index is -0.816. The SMILES string of the molecule is COc1c2n(cc(C(=O)NCc3ccc(F)cc3F)c1=O)C[C@@H]1OC3COCC([C@H]3C)N1C2=O. The number of nitrogens with zero attached hydrogens (tertiary/aromatic N) is 2. The second-order valence-electron chi connectivity index (χ2n) is 8.63. The Balaban J connectivity index is 1.47. The highest BCUT2D eigenvalue weighted by Gasteiger charge is 2.50. The normalized spacial score (nSPS) is 25.4. The first kappa shape index (κ1) is 22.5. The Hall–Kier alpha value is -3.31. The number of halogens is 2. The molecular weight excluding hydrogens is 452 g/mol.